The number of aromatic nitrogens is 3. The topological polar surface area (TPSA) is 114 Å². The molecule has 1 heterocycles. The number of hydrogen-bond donors (Lipinski definition) is 0. The molecule has 0 amide bonds. The average Bonchev–Trinajstić information content (AvgIpc) is 2.62. The molecule has 0 atom stereocenters. The second-order valence-electron chi connectivity index (χ2n) is 3.51. The van der Waals surface area contributed by atoms with Crippen LogP contribution in [-0.2, 0) is 10.2 Å². The van der Waals surface area contributed by atoms with Gasteiger partial charge in [-0.1, -0.05) is 5.21 Å². The fourth-order valence-electron chi connectivity index (χ4n) is 1.41. The van der Waals surface area contributed by atoms with Crippen LogP contribution in [0.1, 0.15) is 11.1 Å². The van der Waals surface area contributed by atoms with Gasteiger partial charge in [0.25, 0.3) is 0 Å². The Morgan fingerprint density at radius 3 is 2.65 bits per heavy atom. The number of azide groups is 1. The molecule has 0 fully saturated rings. The molecule has 0 spiro atoms. The lowest BCUT2D eigenvalue weighted by atomic mass is 10.1. The van der Waals surface area contributed by atoms with E-state index in [9.17, 15) is 8.42 Å². The van der Waals surface area contributed by atoms with Crippen molar-refractivity contribution >= 4 is 21.2 Å². The molecule has 1 aromatic carbocycles. The van der Waals surface area contributed by atoms with Crippen molar-refractivity contribution in [2.75, 3.05) is 0 Å². The normalized spacial score (nSPS) is 11.4. The second-order valence-corrected chi connectivity index (χ2v) is 4.91. The largest absolute Gasteiger partial charge is 0.345 e. The lowest BCUT2D eigenvalue weighted by Gasteiger charge is -2.00. The SMILES string of the molecule is Cc1cc2nnn(S(=O)(=O)N=[N+]=[N-])c2cc1C. The quantitative estimate of drug-likeness (QED) is 0.457. The third kappa shape index (κ3) is 1.81. The first kappa shape index (κ1) is 11.4. The van der Waals surface area contributed by atoms with Crippen LogP contribution in [0.4, 0.5) is 0 Å². The Bertz CT molecular complexity index is 741. The van der Waals surface area contributed by atoms with Crippen LogP contribution in [0.25, 0.3) is 21.5 Å². The number of hydrogen-bond acceptors (Lipinski definition) is 4. The smallest absolute Gasteiger partial charge is 0.196 e. The van der Waals surface area contributed by atoms with Crippen molar-refractivity contribution in [3.05, 3.63) is 33.7 Å². The number of benzene rings is 1. The highest BCUT2D eigenvalue weighted by molar-refractivity contribution is 7.88. The predicted molar refractivity (Wildman–Crippen MR) is 60.5 cm³/mol. The minimum atomic E-state index is -4.17. The van der Waals surface area contributed by atoms with Crippen LogP contribution in [0, 0.1) is 13.8 Å². The zero-order chi connectivity index (χ0) is 12.6. The van der Waals surface area contributed by atoms with Gasteiger partial charge in [-0.15, -0.1) is 9.19 Å². The van der Waals surface area contributed by atoms with Gasteiger partial charge in [0.1, 0.15) is 11.0 Å². The van der Waals surface area contributed by atoms with Crippen LogP contribution in [0.3, 0.4) is 0 Å². The van der Waals surface area contributed by atoms with Crippen molar-refractivity contribution in [1.82, 2.24) is 14.4 Å². The molecule has 0 aliphatic heterocycles. The molecule has 88 valence electrons. The molecular formula is C8H8N6O2S. The first-order valence-electron chi connectivity index (χ1n) is 4.60. The van der Waals surface area contributed by atoms with Gasteiger partial charge in [-0.2, -0.15) is 8.42 Å². The molecule has 17 heavy (non-hydrogen) atoms. The number of nitrogens with zero attached hydrogens (tertiary/aromatic N) is 6. The van der Waals surface area contributed by atoms with Crippen LogP contribution < -0.4 is 0 Å². The molecule has 0 bridgehead atoms. The Morgan fingerprint density at radius 2 is 2.00 bits per heavy atom. The Labute approximate surface area is 96.7 Å². The average molecular weight is 252 g/mol. The third-order valence-corrected chi connectivity index (χ3v) is 3.38. The Kier molecular flexibility index (Phi) is 2.49. The highest BCUT2D eigenvalue weighted by Crippen LogP contribution is 2.18. The van der Waals surface area contributed by atoms with Crippen LogP contribution in [0.15, 0.2) is 16.7 Å². The first-order valence-corrected chi connectivity index (χ1v) is 6.00. The van der Waals surface area contributed by atoms with E-state index < -0.39 is 10.2 Å². The van der Waals surface area contributed by atoms with E-state index in [1.165, 1.54) is 0 Å². The molecule has 0 radical (unpaired) electrons. The van der Waals surface area contributed by atoms with E-state index in [0.29, 0.717) is 15.1 Å². The minimum absolute atomic E-state index is 0.292. The summed E-state index contributed by atoms with van der Waals surface area (Å²) in [7, 11) is -4.17. The molecule has 9 heteroatoms. The molecule has 2 rings (SSSR count). The summed E-state index contributed by atoms with van der Waals surface area (Å²) in [5.74, 6) is 0. The van der Waals surface area contributed by atoms with Gasteiger partial charge in [0.15, 0.2) is 0 Å². The van der Waals surface area contributed by atoms with Crippen molar-refractivity contribution in [3.8, 4) is 0 Å². The molecule has 0 unspecified atom stereocenters. The van der Waals surface area contributed by atoms with Crippen LogP contribution in [0.2, 0.25) is 0 Å². The molecule has 0 saturated heterocycles. The van der Waals surface area contributed by atoms with E-state index in [0.717, 1.165) is 11.1 Å². The summed E-state index contributed by atoms with van der Waals surface area (Å²) in [6.45, 7) is 3.72. The minimum Gasteiger partial charge on any atom is -0.196 e. The summed E-state index contributed by atoms with van der Waals surface area (Å²) >= 11 is 0. The number of fused-ring (bicyclic) bond motifs is 1. The Morgan fingerprint density at radius 1 is 1.35 bits per heavy atom. The van der Waals surface area contributed by atoms with E-state index in [-0.39, 0.29) is 0 Å². The summed E-state index contributed by atoms with van der Waals surface area (Å²) in [5.41, 5.74) is 10.8. The van der Waals surface area contributed by atoms with Gasteiger partial charge in [-0.25, -0.2) is 0 Å². The maximum atomic E-state index is 11.5. The highest BCUT2D eigenvalue weighted by Gasteiger charge is 2.17. The molecule has 2 aromatic rings. The van der Waals surface area contributed by atoms with Crippen LogP contribution in [-0.4, -0.2) is 22.8 Å². The van der Waals surface area contributed by atoms with Gasteiger partial charge < -0.3 is 0 Å². The molecule has 0 N–H and O–H groups in total. The summed E-state index contributed by atoms with van der Waals surface area (Å²) < 4.78 is 26.4. The maximum absolute atomic E-state index is 11.5. The summed E-state index contributed by atoms with van der Waals surface area (Å²) in [5, 5.41) is 7.20. The van der Waals surface area contributed by atoms with Gasteiger partial charge in [0.2, 0.25) is 0 Å². The zero-order valence-corrected chi connectivity index (χ0v) is 9.88. The predicted octanol–water partition coefficient (Wildman–Crippen LogP) is 1.45. The lowest BCUT2D eigenvalue weighted by molar-refractivity contribution is 0.581. The van der Waals surface area contributed by atoms with Gasteiger partial charge in [0, 0.05) is 4.91 Å². The Balaban J connectivity index is 2.82. The fraction of sp³-hybridized carbons (Fsp3) is 0.250. The zero-order valence-electron chi connectivity index (χ0n) is 9.06. The van der Waals surface area contributed by atoms with Crippen molar-refractivity contribution < 1.29 is 8.42 Å². The summed E-state index contributed by atoms with van der Waals surface area (Å²) in [6, 6.07) is 3.36. The van der Waals surface area contributed by atoms with E-state index >= 15 is 0 Å². The number of rotatable bonds is 2. The summed E-state index contributed by atoms with van der Waals surface area (Å²) in [4.78, 5) is 2.26. The van der Waals surface area contributed by atoms with E-state index in [1.54, 1.807) is 12.1 Å². The Hall–Kier alpha value is -2.12. The molecule has 0 aliphatic carbocycles. The van der Waals surface area contributed by atoms with E-state index in [1.807, 2.05) is 13.8 Å². The monoisotopic (exact) mass is 252 g/mol. The molecule has 0 saturated carbocycles. The molecule has 1 aromatic heterocycles. The van der Waals surface area contributed by atoms with Crippen molar-refractivity contribution in [1.29, 1.82) is 0 Å². The third-order valence-electron chi connectivity index (χ3n) is 2.39. The van der Waals surface area contributed by atoms with Crippen LogP contribution >= 0.6 is 0 Å². The van der Waals surface area contributed by atoms with Gasteiger partial charge in [-0.3, -0.25) is 0 Å². The van der Waals surface area contributed by atoms with E-state index in [4.69, 9.17) is 5.53 Å². The summed E-state index contributed by atoms with van der Waals surface area (Å²) in [6.07, 6.45) is 0. The highest BCUT2D eigenvalue weighted by atomic mass is 32.2. The fourth-order valence-corrected chi connectivity index (χ4v) is 2.09. The van der Waals surface area contributed by atoms with E-state index in [2.05, 4.69) is 19.7 Å². The van der Waals surface area contributed by atoms with Crippen molar-refractivity contribution in [2.24, 2.45) is 4.52 Å². The standard InChI is InChI=1S/C8H8N6O2S/c1-5-3-7-8(4-6(5)2)14(12-10-7)17(15,16)13-11-9/h3-4H,1-2H3. The van der Waals surface area contributed by atoms with Gasteiger partial charge in [0.05, 0.1) is 4.52 Å². The van der Waals surface area contributed by atoms with Gasteiger partial charge >= 0.3 is 10.2 Å². The second kappa shape index (κ2) is 3.72. The van der Waals surface area contributed by atoms with Gasteiger partial charge in [-0.05, 0) is 42.6 Å². The van der Waals surface area contributed by atoms with Crippen LogP contribution in [0.5, 0.6) is 0 Å². The molecule has 8 nitrogen and oxygen atoms in total. The lowest BCUT2D eigenvalue weighted by Crippen LogP contribution is -2.10. The molecular weight excluding hydrogens is 244 g/mol. The van der Waals surface area contributed by atoms with Crippen molar-refractivity contribution in [2.45, 2.75) is 13.8 Å². The molecule has 0 aliphatic rings. The number of aryl methyl sites for hydroxylation is 2. The maximum Gasteiger partial charge on any atom is 0.345 e. The first-order chi connectivity index (χ1) is 7.95. The van der Waals surface area contributed by atoms with Crippen molar-refractivity contribution in [3.63, 3.8) is 0 Å².